The van der Waals surface area contributed by atoms with E-state index in [1.165, 1.54) is 37.6 Å². The van der Waals surface area contributed by atoms with Crippen LogP contribution in [0.5, 0.6) is 0 Å². The minimum absolute atomic E-state index is 0.0857. The molecule has 1 fully saturated rings. The Kier molecular flexibility index (Phi) is 4.98. The predicted molar refractivity (Wildman–Crippen MR) is 123 cm³/mol. The molecule has 1 aliphatic heterocycles. The smallest absolute Gasteiger partial charge is 0.350 e. The van der Waals surface area contributed by atoms with Gasteiger partial charge in [-0.15, -0.1) is 23.5 Å². The van der Waals surface area contributed by atoms with Gasteiger partial charge in [0.2, 0.25) is 5.60 Å². The van der Waals surface area contributed by atoms with Gasteiger partial charge in [-0.1, -0.05) is 24.3 Å². The number of hydrogen-bond acceptors (Lipinski definition) is 8. The highest BCUT2D eigenvalue weighted by atomic mass is 32.2. The first kappa shape index (κ1) is 21.3. The van der Waals surface area contributed by atoms with E-state index in [2.05, 4.69) is 0 Å². The molecule has 3 aliphatic rings. The van der Waals surface area contributed by atoms with Crippen LogP contribution in [-0.2, 0) is 19.1 Å². The Morgan fingerprint density at radius 2 is 1.56 bits per heavy atom. The maximum Gasteiger partial charge on any atom is 0.350 e. The Morgan fingerprint density at radius 3 is 2.12 bits per heavy atom. The summed E-state index contributed by atoms with van der Waals surface area (Å²) in [4.78, 5) is 52.4. The van der Waals surface area contributed by atoms with Crippen LogP contribution in [0, 0.1) is 0 Å². The predicted octanol–water partition coefficient (Wildman–Crippen LogP) is 3.96. The number of carbonyl (C=O) groups excluding carboxylic acids is 4. The van der Waals surface area contributed by atoms with Crippen LogP contribution in [0.1, 0.15) is 40.5 Å². The Labute approximate surface area is 193 Å². The molecule has 164 valence electrons. The molecule has 0 bridgehead atoms. The Hall–Kier alpha value is -2.58. The molecule has 8 heteroatoms. The van der Waals surface area contributed by atoms with Gasteiger partial charge in [-0.3, -0.25) is 14.4 Å². The van der Waals surface area contributed by atoms with E-state index in [-0.39, 0.29) is 30.0 Å². The molecule has 1 heterocycles. The summed E-state index contributed by atoms with van der Waals surface area (Å²) >= 11 is 3.05. The maximum absolute atomic E-state index is 13.8. The SMILES string of the molecule is COC(=O)C1(OC(C)=O)CC2=C(C(=O)c3cc4ccccc4cc3C2=O)C2(C1)SCCS2. The number of ether oxygens (including phenoxy) is 2. The zero-order valence-corrected chi connectivity index (χ0v) is 19.2. The second kappa shape index (κ2) is 7.49. The number of Topliss-reactive ketones (excluding diaryl/α,β-unsaturated/α-hetero) is 2. The molecular weight excluding hydrogens is 448 g/mol. The van der Waals surface area contributed by atoms with Gasteiger partial charge in [0.05, 0.1) is 11.2 Å². The van der Waals surface area contributed by atoms with Gasteiger partial charge in [0.15, 0.2) is 11.6 Å². The lowest BCUT2D eigenvalue weighted by Crippen LogP contribution is -2.54. The summed E-state index contributed by atoms with van der Waals surface area (Å²) in [5.41, 5.74) is -0.257. The van der Waals surface area contributed by atoms with Gasteiger partial charge in [0.1, 0.15) is 0 Å². The highest BCUT2D eigenvalue weighted by molar-refractivity contribution is 8.21. The van der Waals surface area contributed by atoms with Crippen molar-refractivity contribution in [2.24, 2.45) is 0 Å². The number of ketones is 2. The van der Waals surface area contributed by atoms with E-state index in [1.54, 1.807) is 12.1 Å². The van der Waals surface area contributed by atoms with Gasteiger partial charge in [0, 0.05) is 53.5 Å². The largest absolute Gasteiger partial charge is 0.466 e. The second-order valence-corrected chi connectivity index (χ2v) is 11.2. The Morgan fingerprint density at radius 1 is 0.969 bits per heavy atom. The van der Waals surface area contributed by atoms with Crippen LogP contribution in [0.4, 0.5) is 0 Å². The Balaban J connectivity index is 1.74. The van der Waals surface area contributed by atoms with Gasteiger partial charge in [-0.2, -0.15) is 0 Å². The van der Waals surface area contributed by atoms with E-state index in [0.717, 1.165) is 22.3 Å². The molecule has 2 aromatic carbocycles. The van der Waals surface area contributed by atoms with Crippen molar-refractivity contribution in [2.45, 2.75) is 29.4 Å². The summed E-state index contributed by atoms with van der Waals surface area (Å²) in [6.07, 6.45) is -0.0867. The molecule has 0 amide bonds. The lowest BCUT2D eigenvalue weighted by molar-refractivity contribution is -0.181. The standard InChI is InChI=1S/C24H20O6S2/c1-13(25)30-23(22(28)29-2)11-18-19(24(12-23)31-7-8-32-24)21(27)17-10-15-6-4-3-5-14(15)9-16(17)20(18)26/h3-6,9-10H,7-8,11-12H2,1-2H3. The number of esters is 2. The molecule has 32 heavy (non-hydrogen) atoms. The van der Waals surface area contributed by atoms with Crippen molar-refractivity contribution in [2.75, 3.05) is 18.6 Å². The average molecular weight is 469 g/mol. The van der Waals surface area contributed by atoms with Crippen LogP contribution in [-0.4, -0.2) is 51.8 Å². The number of benzene rings is 2. The molecule has 2 aromatic rings. The molecular formula is C24H20O6S2. The Bertz CT molecular complexity index is 1240. The number of methoxy groups -OCH3 is 1. The first-order valence-electron chi connectivity index (χ1n) is 10.2. The van der Waals surface area contributed by atoms with Crippen molar-refractivity contribution in [1.29, 1.82) is 0 Å². The van der Waals surface area contributed by atoms with Crippen molar-refractivity contribution in [3.05, 3.63) is 58.7 Å². The molecule has 1 saturated heterocycles. The van der Waals surface area contributed by atoms with Crippen molar-refractivity contribution in [3.8, 4) is 0 Å². The van der Waals surface area contributed by atoms with Gasteiger partial charge in [0.25, 0.3) is 0 Å². The van der Waals surface area contributed by atoms with Crippen molar-refractivity contribution >= 4 is 57.8 Å². The van der Waals surface area contributed by atoms with Crippen molar-refractivity contribution in [1.82, 2.24) is 0 Å². The lowest BCUT2D eigenvalue weighted by atomic mass is 9.71. The van der Waals surface area contributed by atoms with E-state index in [0.29, 0.717) is 16.7 Å². The zero-order chi connectivity index (χ0) is 22.7. The normalized spacial score (nSPS) is 23.8. The van der Waals surface area contributed by atoms with Crippen LogP contribution < -0.4 is 0 Å². The summed E-state index contributed by atoms with van der Waals surface area (Å²) < 4.78 is 9.73. The molecule has 0 radical (unpaired) electrons. The molecule has 2 aliphatic carbocycles. The molecule has 5 rings (SSSR count). The maximum atomic E-state index is 13.8. The lowest BCUT2D eigenvalue weighted by Gasteiger charge is -2.45. The second-order valence-electron chi connectivity index (χ2n) is 8.14. The number of carbonyl (C=O) groups is 4. The number of rotatable bonds is 2. The molecule has 0 N–H and O–H groups in total. The number of hydrogen-bond donors (Lipinski definition) is 0. The third kappa shape index (κ3) is 3.03. The quantitative estimate of drug-likeness (QED) is 0.612. The zero-order valence-electron chi connectivity index (χ0n) is 17.6. The van der Waals surface area contributed by atoms with Crippen LogP contribution in [0.3, 0.4) is 0 Å². The third-order valence-corrected chi connectivity index (χ3v) is 9.60. The fourth-order valence-electron chi connectivity index (χ4n) is 4.97. The van der Waals surface area contributed by atoms with Gasteiger partial charge in [-0.25, -0.2) is 4.79 Å². The number of thioether (sulfide) groups is 2. The van der Waals surface area contributed by atoms with Crippen LogP contribution >= 0.6 is 23.5 Å². The summed E-state index contributed by atoms with van der Waals surface area (Å²) in [6.45, 7) is 1.23. The molecule has 1 atom stereocenters. The highest BCUT2D eigenvalue weighted by Gasteiger charge is 2.61. The van der Waals surface area contributed by atoms with Crippen LogP contribution in [0.2, 0.25) is 0 Å². The van der Waals surface area contributed by atoms with E-state index in [1.807, 2.05) is 24.3 Å². The van der Waals surface area contributed by atoms with Gasteiger partial charge < -0.3 is 9.47 Å². The minimum atomic E-state index is -1.64. The summed E-state index contributed by atoms with van der Waals surface area (Å²) in [7, 11) is 1.23. The molecule has 1 spiro atoms. The monoisotopic (exact) mass is 468 g/mol. The fraction of sp³-hybridized carbons (Fsp3) is 0.333. The van der Waals surface area contributed by atoms with E-state index in [9.17, 15) is 19.2 Å². The summed E-state index contributed by atoms with van der Waals surface area (Å²) in [6, 6.07) is 11.1. The average Bonchev–Trinajstić information content (AvgIpc) is 3.23. The molecule has 6 nitrogen and oxygen atoms in total. The van der Waals surface area contributed by atoms with Crippen LogP contribution in [0.25, 0.3) is 10.8 Å². The first-order chi connectivity index (χ1) is 15.3. The minimum Gasteiger partial charge on any atom is -0.466 e. The van der Waals surface area contributed by atoms with Gasteiger partial charge >= 0.3 is 11.9 Å². The molecule has 0 aromatic heterocycles. The molecule has 1 unspecified atom stereocenters. The topological polar surface area (TPSA) is 86.7 Å². The van der Waals surface area contributed by atoms with E-state index >= 15 is 0 Å². The van der Waals surface area contributed by atoms with E-state index < -0.39 is 21.6 Å². The van der Waals surface area contributed by atoms with E-state index in [4.69, 9.17) is 9.47 Å². The summed E-state index contributed by atoms with van der Waals surface area (Å²) in [5.74, 6) is -0.327. The summed E-state index contributed by atoms with van der Waals surface area (Å²) in [5, 5.41) is 1.74. The van der Waals surface area contributed by atoms with Crippen molar-refractivity contribution in [3.63, 3.8) is 0 Å². The number of fused-ring (bicyclic) bond motifs is 3. The fourth-order valence-corrected chi connectivity index (χ4v) is 8.52. The van der Waals surface area contributed by atoms with Crippen molar-refractivity contribution < 1.29 is 28.7 Å². The highest BCUT2D eigenvalue weighted by Crippen LogP contribution is 2.60. The third-order valence-electron chi connectivity index (χ3n) is 6.19. The first-order valence-corrected chi connectivity index (χ1v) is 12.2. The van der Waals surface area contributed by atoms with Gasteiger partial charge in [-0.05, 0) is 22.9 Å². The van der Waals surface area contributed by atoms with Crippen LogP contribution in [0.15, 0.2) is 47.5 Å². The molecule has 0 saturated carbocycles.